The molecule has 1 N–H and O–H groups in total. The van der Waals surface area contributed by atoms with Crippen molar-refractivity contribution in [3.8, 4) is 11.3 Å². The highest BCUT2D eigenvalue weighted by Gasteiger charge is 2.29. The van der Waals surface area contributed by atoms with Crippen LogP contribution in [0.25, 0.3) is 11.3 Å². The molecule has 1 unspecified atom stereocenters. The van der Waals surface area contributed by atoms with Gasteiger partial charge in [0.05, 0.1) is 17.2 Å². The molecule has 0 bridgehead atoms. The third kappa shape index (κ3) is 3.98. The second-order valence-electron chi connectivity index (χ2n) is 8.12. The second kappa shape index (κ2) is 8.20. The summed E-state index contributed by atoms with van der Waals surface area (Å²) in [5, 5.41) is 6.76. The lowest BCUT2D eigenvalue weighted by atomic mass is 10.1. The number of aromatic nitrogens is 1. The van der Waals surface area contributed by atoms with Crippen LogP contribution in [0.4, 0.5) is 11.4 Å². The van der Waals surface area contributed by atoms with E-state index < -0.39 is 0 Å². The number of aryl methyl sites for hydroxylation is 1. The smallest absolute Gasteiger partial charge is 0.241 e. The molecule has 1 amide bonds. The van der Waals surface area contributed by atoms with Crippen molar-refractivity contribution in [2.75, 3.05) is 36.4 Å². The monoisotopic (exact) mass is 418 g/mol. The van der Waals surface area contributed by atoms with Gasteiger partial charge in [0, 0.05) is 48.0 Å². The van der Waals surface area contributed by atoms with Crippen LogP contribution in [0.2, 0.25) is 0 Å². The minimum absolute atomic E-state index is 0.200. The van der Waals surface area contributed by atoms with Crippen molar-refractivity contribution in [2.45, 2.75) is 25.8 Å². The molecule has 1 fully saturated rings. The van der Waals surface area contributed by atoms with E-state index >= 15 is 0 Å². The maximum Gasteiger partial charge on any atom is 0.241 e. The van der Waals surface area contributed by atoms with E-state index in [1.165, 1.54) is 5.56 Å². The number of amides is 1. The number of anilines is 2. The van der Waals surface area contributed by atoms with E-state index in [4.69, 9.17) is 0 Å². The fourth-order valence-corrected chi connectivity index (χ4v) is 5.08. The van der Waals surface area contributed by atoms with Gasteiger partial charge in [0.25, 0.3) is 0 Å². The van der Waals surface area contributed by atoms with Gasteiger partial charge in [-0.25, -0.2) is 4.98 Å². The minimum Gasteiger partial charge on any atom is -0.381 e. The lowest BCUT2D eigenvalue weighted by Gasteiger charge is -2.22. The number of nitrogens with one attached hydrogen (secondary N) is 1. The van der Waals surface area contributed by atoms with Crippen LogP contribution in [0, 0.1) is 6.92 Å². The predicted octanol–water partition coefficient (Wildman–Crippen LogP) is 4.19. The quantitative estimate of drug-likeness (QED) is 0.675. The molecule has 1 atom stereocenters. The van der Waals surface area contributed by atoms with Crippen molar-refractivity contribution in [1.29, 1.82) is 0 Å². The van der Waals surface area contributed by atoms with Crippen molar-refractivity contribution in [3.63, 3.8) is 0 Å². The maximum atomic E-state index is 13.0. The summed E-state index contributed by atoms with van der Waals surface area (Å²) >= 11 is 1.67. The molecule has 2 aromatic carbocycles. The average Bonchev–Trinajstić information content (AvgIpc) is 3.48. The Morgan fingerprint density at radius 3 is 2.87 bits per heavy atom. The highest BCUT2D eigenvalue weighted by atomic mass is 32.1. The Hall–Kier alpha value is -2.70. The van der Waals surface area contributed by atoms with Gasteiger partial charge in [-0.05, 0) is 49.6 Å². The van der Waals surface area contributed by atoms with Gasteiger partial charge >= 0.3 is 0 Å². The zero-order valence-electron chi connectivity index (χ0n) is 17.2. The molecule has 6 heteroatoms. The number of benzene rings is 2. The van der Waals surface area contributed by atoms with E-state index in [9.17, 15) is 4.79 Å². The third-order valence-electron chi connectivity index (χ3n) is 5.97. The van der Waals surface area contributed by atoms with E-state index in [1.54, 1.807) is 11.3 Å². The number of para-hydroxylation sites is 1. The molecule has 30 heavy (non-hydrogen) atoms. The molecule has 2 aliphatic heterocycles. The van der Waals surface area contributed by atoms with Gasteiger partial charge in [0.15, 0.2) is 0 Å². The number of nitrogens with zero attached hydrogens (tertiary/aromatic N) is 3. The molecule has 5 nitrogen and oxygen atoms in total. The molecule has 0 saturated carbocycles. The number of carbonyl (C=O) groups excluding carboxylic acids is 1. The molecular weight excluding hydrogens is 392 g/mol. The molecule has 2 aliphatic rings. The zero-order valence-corrected chi connectivity index (χ0v) is 18.0. The lowest BCUT2D eigenvalue weighted by molar-refractivity contribution is -0.119. The number of hydrogen-bond acceptors (Lipinski definition) is 5. The van der Waals surface area contributed by atoms with Crippen LogP contribution in [-0.4, -0.2) is 48.0 Å². The molecule has 0 aliphatic carbocycles. The molecule has 154 valence electrons. The Balaban J connectivity index is 1.21. The van der Waals surface area contributed by atoms with E-state index in [2.05, 4.69) is 50.9 Å². The molecule has 0 spiro atoms. The summed E-state index contributed by atoms with van der Waals surface area (Å²) in [7, 11) is 0. The van der Waals surface area contributed by atoms with Crippen LogP contribution in [-0.2, 0) is 11.2 Å². The van der Waals surface area contributed by atoms with Crippen LogP contribution in [0.5, 0.6) is 0 Å². The number of carbonyl (C=O) groups is 1. The van der Waals surface area contributed by atoms with Crippen LogP contribution in [0.15, 0.2) is 53.9 Å². The molecule has 1 aromatic heterocycles. The normalized spacial score (nSPS) is 18.6. The fourth-order valence-electron chi connectivity index (χ4n) is 4.46. The molecule has 1 saturated heterocycles. The summed E-state index contributed by atoms with van der Waals surface area (Å²) in [6.45, 7) is 5.15. The zero-order chi connectivity index (χ0) is 20.5. The Morgan fingerprint density at radius 2 is 2.07 bits per heavy atom. The van der Waals surface area contributed by atoms with Gasteiger partial charge in [0.2, 0.25) is 5.91 Å². The Morgan fingerprint density at radius 1 is 1.20 bits per heavy atom. The molecule has 3 aromatic rings. The van der Waals surface area contributed by atoms with Crippen molar-refractivity contribution >= 4 is 28.6 Å². The first kappa shape index (κ1) is 19.3. The SMILES string of the molecule is Cc1nc(-c2ccc3c(c2)CCN3C(=O)CN2CCC(Nc3ccccc3)C2)cs1. The lowest BCUT2D eigenvalue weighted by Crippen LogP contribution is -2.39. The Labute approximate surface area is 181 Å². The second-order valence-corrected chi connectivity index (χ2v) is 9.18. The summed E-state index contributed by atoms with van der Waals surface area (Å²) in [5.41, 5.74) is 5.63. The van der Waals surface area contributed by atoms with Crippen molar-refractivity contribution in [2.24, 2.45) is 0 Å². The highest BCUT2D eigenvalue weighted by molar-refractivity contribution is 7.09. The van der Waals surface area contributed by atoms with Gasteiger partial charge in [-0.3, -0.25) is 9.69 Å². The maximum absolute atomic E-state index is 13.0. The van der Waals surface area contributed by atoms with E-state index in [1.807, 2.05) is 30.0 Å². The molecule has 0 radical (unpaired) electrons. The first-order valence-corrected chi connectivity index (χ1v) is 11.4. The van der Waals surface area contributed by atoms with Crippen LogP contribution >= 0.6 is 11.3 Å². The number of rotatable bonds is 5. The number of thiazole rings is 1. The van der Waals surface area contributed by atoms with Gasteiger partial charge in [-0.15, -0.1) is 11.3 Å². The number of hydrogen-bond donors (Lipinski definition) is 1. The third-order valence-corrected chi connectivity index (χ3v) is 6.74. The topological polar surface area (TPSA) is 48.5 Å². The van der Waals surface area contributed by atoms with Gasteiger partial charge in [0.1, 0.15) is 0 Å². The van der Waals surface area contributed by atoms with E-state index in [0.717, 1.165) is 60.1 Å². The van der Waals surface area contributed by atoms with Crippen molar-refractivity contribution < 1.29 is 4.79 Å². The Bertz CT molecular complexity index is 1050. The summed E-state index contributed by atoms with van der Waals surface area (Å²) in [4.78, 5) is 21.9. The van der Waals surface area contributed by atoms with Crippen LogP contribution < -0.4 is 10.2 Å². The van der Waals surface area contributed by atoms with Gasteiger partial charge < -0.3 is 10.2 Å². The first-order valence-electron chi connectivity index (χ1n) is 10.6. The summed E-state index contributed by atoms with van der Waals surface area (Å²) in [5.74, 6) is 0.200. The average molecular weight is 419 g/mol. The Kier molecular flexibility index (Phi) is 5.27. The molecule has 5 rings (SSSR count). The largest absolute Gasteiger partial charge is 0.381 e. The molecular formula is C24H26N4OS. The molecule has 3 heterocycles. The minimum atomic E-state index is 0.200. The van der Waals surface area contributed by atoms with Crippen LogP contribution in [0.1, 0.15) is 17.0 Å². The fraction of sp³-hybridized carbons (Fsp3) is 0.333. The van der Waals surface area contributed by atoms with Gasteiger partial charge in [-0.2, -0.15) is 0 Å². The van der Waals surface area contributed by atoms with Crippen LogP contribution in [0.3, 0.4) is 0 Å². The highest BCUT2D eigenvalue weighted by Crippen LogP contribution is 2.33. The summed E-state index contributed by atoms with van der Waals surface area (Å²) in [6.07, 6.45) is 1.98. The van der Waals surface area contributed by atoms with E-state index in [0.29, 0.717) is 12.6 Å². The predicted molar refractivity (Wildman–Crippen MR) is 123 cm³/mol. The number of likely N-dealkylation sites (tertiary alicyclic amines) is 1. The van der Waals surface area contributed by atoms with Gasteiger partial charge in [-0.1, -0.05) is 24.3 Å². The summed E-state index contributed by atoms with van der Waals surface area (Å²) in [6, 6.07) is 17.1. The van der Waals surface area contributed by atoms with Crippen molar-refractivity contribution in [1.82, 2.24) is 9.88 Å². The summed E-state index contributed by atoms with van der Waals surface area (Å²) < 4.78 is 0. The van der Waals surface area contributed by atoms with Crippen molar-refractivity contribution in [3.05, 3.63) is 64.5 Å². The standard InChI is InChI=1S/C24H26N4OS/c1-17-25-22(16-30-17)18-7-8-23-19(13-18)9-12-28(23)24(29)15-27-11-10-21(14-27)26-20-5-3-2-4-6-20/h2-8,13,16,21,26H,9-12,14-15H2,1H3. The first-order chi connectivity index (χ1) is 14.7. The number of fused-ring (bicyclic) bond motifs is 1. The van der Waals surface area contributed by atoms with E-state index in [-0.39, 0.29) is 5.91 Å².